The minimum atomic E-state index is -1.87. The first-order chi connectivity index (χ1) is 15.3. The Bertz CT molecular complexity index is 1120. The van der Waals surface area contributed by atoms with E-state index in [4.69, 9.17) is 18.6 Å². The van der Waals surface area contributed by atoms with E-state index in [1.165, 1.54) is 7.11 Å². The van der Waals surface area contributed by atoms with E-state index >= 15 is 0 Å². The molecule has 0 N–H and O–H groups in total. The summed E-state index contributed by atoms with van der Waals surface area (Å²) in [6, 6.07) is 13.7. The Morgan fingerprint density at radius 1 is 0.969 bits per heavy atom. The molecule has 8 heteroatoms. The number of alkyl halides is 1. The van der Waals surface area contributed by atoms with Gasteiger partial charge >= 0.3 is 11.9 Å². The number of halogens is 1. The van der Waals surface area contributed by atoms with Crippen LogP contribution in [0.15, 0.2) is 52.9 Å². The number of ether oxygens (including phenoxy) is 3. The van der Waals surface area contributed by atoms with Gasteiger partial charge in [-0.2, -0.15) is 0 Å². The molecule has 0 bridgehead atoms. The predicted molar refractivity (Wildman–Crippen MR) is 121 cm³/mol. The number of methoxy groups -OCH3 is 1. The van der Waals surface area contributed by atoms with Crippen LogP contribution in [-0.4, -0.2) is 42.4 Å². The van der Waals surface area contributed by atoms with Gasteiger partial charge in [-0.15, -0.1) is 0 Å². The molecule has 0 saturated heterocycles. The highest BCUT2D eigenvalue weighted by molar-refractivity contribution is 9.10. The molecule has 1 heterocycles. The van der Waals surface area contributed by atoms with Crippen molar-refractivity contribution in [2.75, 3.05) is 20.3 Å². The van der Waals surface area contributed by atoms with Crippen molar-refractivity contribution >= 4 is 44.6 Å². The summed E-state index contributed by atoms with van der Waals surface area (Å²) in [6.07, 6.45) is -0.282. The van der Waals surface area contributed by atoms with Crippen molar-refractivity contribution in [3.05, 3.63) is 65.4 Å². The van der Waals surface area contributed by atoms with E-state index in [9.17, 15) is 14.4 Å². The number of hydrogen-bond acceptors (Lipinski definition) is 7. The van der Waals surface area contributed by atoms with E-state index in [0.717, 1.165) is 0 Å². The van der Waals surface area contributed by atoms with Gasteiger partial charge in [-0.05, 0) is 32.0 Å². The van der Waals surface area contributed by atoms with Gasteiger partial charge in [0, 0.05) is 17.4 Å². The Balaban J connectivity index is 2.19. The summed E-state index contributed by atoms with van der Waals surface area (Å²) in [7, 11) is 1.52. The summed E-state index contributed by atoms with van der Waals surface area (Å²) < 4.78 is 19.6. The second-order valence-corrected chi connectivity index (χ2v) is 8.23. The summed E-state index contributed by atoms with van der Waals surface area (Å²) in [6.45, 7) is 3.40. The summed E-state index contributed by atoms with van der Waals surface area (Å²) in [4.78, 5) is 38.9. The van der Waals surface area contributed by atoms with E-state index in [2.05, 4.69) is 15.9 Å². The average molecular weight is 503 g/mol. The fraction of sp³-hybridized carbons (Fsp3) is 0.292. The zero-order valence-corrected chi connectivity index (χ0v) is 19.6. The number of hydrogen-bond donors (Lipinski definition) is 0. The van der Waals surface area contributed by atoms with E-state index in [1.807, 2.05) is 0 Å². The van der Waals surface area contributed by atoms with Crippen molar-refractivity contribution in [2.45, 2.75) is 24.6 Å². The van der Waals surface area contributed by atoms with Crippen molar-refractivity contribution in [3.8, 4) is 5.75 Å². The molecule has 0 aliphatic heterocycles. The molecule has 0 aliphatic rings. The van der Waals surface area contributed by atoms with Gasteiger partial charge in [-0.3, -0.25) is 4.79 Å². The third kappa shape index (κ3) is 4.55. The predicted octanol–water partition coefficient (Wildman–Crippen LogP) is 4.47. The van der Waals surface area contributed by atoms with Gasteiger partial charge in [0.1, 0.15) is 17.1 Å². The van der Waals surface area contributed by atoms with Crippen molar-refractivity contribution in [1.82, 2.24) is 0 Å². The minimum Gasteiger partial charge on any atom is -0.497 e. The molecular weight excluding hydrogens is 480 g/mol. The Morgan fingerprint density at radius 2 is 1.59 bits per heavy atom. The maximum Gasteiger partial charge on any atom is 0.334 e. The first-order valence-corrected chi connectivity index (χ1v) is 10.9. The molecule has 0 spiro atoms. The lowest BCUT2D eigenvalue weighted by molar-refractivity contribution is -0.158. The number of ketones is 1. The summed E-state index contributed by atoms with van der Waals surface area (Å²) in [5.41, 5.74) is 1.09. The highest BCUT2D eigenvalue weighted by Crippen LogP contribution is 2.36. The van der Waals surface area contributed by atoms with Crippen LogP contribution in [0.5, 0.6) is 5.75 Å². The second-order valence-electron chi connectivity index (χ2n) is 6.88. The van der Waals surface area contributed by atoms with Gasteiger partial charge in [0.2, 0.25) is 4.32 Å². The lowest BCUT2D eigenvalue weighted by Crippen LogP contribution is -2.45. The molecule has 1 aromatic heterocycles. The van der Waals surface area contributed by atoms with E-state index in [0.29, 0.717) is 22.3 Å². The van der Waals surface area contributed by atoms with Crippen LogP contribution >= 0.6 is 15.9 Å². The molecule has 7 nitrogen and oxygen atoms in total. The van der Waals surface area contributed by atoms with Crippen LogP contribution in [0.2, 0.25) is 0 Å². The van der Waals surface area contributed by atoms with Crippen molar-refractivity contribution in [3.63, 3.8) is 0 Å². The van der Waals surface area contributed by atoms with Crippen molar-refractivity contribution in [1.29, 1.82) is 0 Å². The van der Waals surface area contributed by atoms with Gasteiger partial charge in [0.25, 0.3) is 0 Å². The van der Waals surface area contributed by atoms with Gasteiger partial charge in [-0.1, -0.05) is 46.3 Å². The molecular formula is C24H23BrO7. The first-order valence-electron chi connectivity index (χ1n) is 10.1. The first kappa shape index (κ1) is 23.5. The topological polar surface area (TPSA) is 92.0 Å². The number of fused-ring (bicyclic) bond motifs is 1. The van der Waals surface area contributed by atoms with E-state index < -0.39 is 16.3 Å². The SMILES string of the molecule is CCOC(=O)C(Br)(Cc1oc2ccc(OC)cc2c1C(=O)c1ccccc1)C(=O)OCC. The van der Waals surface area contributed by atoms with E-state index in [-0.39, 0.29) is 36.7 Å². The zero-order valence-electron chi connectivity index (χ0n) is 18.0. The molecule has 3 rings (SSSR count). The number of carbonyl (C=O) groups is 3. The number of benzene rings is 2. The maximum atomic E-state index is 13.5. The standard InChI is InChI=1S/C24H23BrO7/c1-4-30-22(27)24(25,23(28)31-5-2)14-19-20(21(26)15-9-7-6-8-10-15)17-13-16(29-3)11-12-18(17)32-19/h6-13H,4-5,14H2,1-3H3. The van der Waals surface area contributed by atoms with Crippen molar-refractivity contribution < 1.29 is 33.0 Å². The molecule has 0 saturated carbocycles. The Hall–Kier alpha value is -3.13. The number of esters is 2. The average Bonchev–Trinajstić information content (AvgIpc) is 3.15. The minimum absolute atomic E-state index is 0.0682. The molecule has 0 amide bonds. The Morgan fingerprint density at radius 3 is 2.16 bits per heavy atom. The van der Waals surface area contributed by atoms with Gasteiger partial charge < -0.3 is 18.6 Å². The zero-order chi connectivity index (χ0) is 23.3. The fourth-order valence-corrected chi connectivity index (χ4v) is 3.79. The molecule has 0 aliphatic carbocycles. The molecule has 2 aromatic carbocycles. The monoisotopic (exact) mass is 502 g/mol. The van der Waals surface area contributed by atoms with E-state index in [1.54, 1.807) is 62.4 Å². The van der Waals surface area contributed by atoms with Crippen LogP contribution < -0.4 is 4.74 Å². The molecule has 3 aromatic rings. The molecule has 168 valence electrons. The number of carbonyl (C=O) groups excluding carboxylic acids is 3. The van der Waals surface area contributed by atoms with Crippen LogP contribution in [0.3, 0.4) is 0 Å². The summed E-state index contributed by atoms with van der Waals surface area (Å²) in [5, 5.41) is 0.510. The number of furan rings is 1. The number of rotatable bonds is 9. The van der Waals surface area contributed by atoms with Crippen LogP contribution in [0.25, 0.3) is 11.0 Å². The molecule has 0 fully saturated rings. The van der Waals surface area contributed by atoms with Gasteiger partial charge in [0.05, 0.1) is 25.9 Å². The van der Waals surface area contributed by atoms with Crippen LogP contribution in [0.1, 0.15) is 35.5 Å². The van der Waals surface area contributed by atoms with Gasteiger partial charge in [0.15, 0.2) is 5.78 Å². The van der Waals surface area contributed by atoms with Crippen LogP contribution in [-0.2, 0) is 25.5 Å². The smallest absolute Gasteiger partial charge is 0.334 e. The summed E-state index contributed by atoms with van der Waals surface area (Å²) in [5.74, 6) is -1.27. The quantitative estimate of drug-likeness (QED) is 0.184. The highest BCUT2D eigenvalue weighted by atomic mass is 79.9. The van der Waals surface area contributed by atoms with Crippen LogP contribution in [0.4, 0.5) is 0 Å². The molecule has 32 heavy (non-hydrogen) atoms. The molecule has 0 radical (unpaired) electrons. The van der Waals surface area contributed by atoms with Crippen molar-refractivity contribution in [2.24, 2.45) is 0 Å². The fourth-order valence-electron chi connectivity index (χ4n) is 3.30. The maximum absolute atomic E-state index is 13.5. The van der Waals surface area contributed by atoms with Gasteiger partial charge in [-0.25, -0.2) is 9.59 Å². The lowest BCUT2D eigenvalue weighted by atomic mass is 9.95. The molecule has 0 atom stereocenters. The Kier molecular flexibility index (Phi) is 7.35. The molecule has 0 unspecified atom stereocenters. The lowest BCUT2D eigenvalue weighted by Gasteiger charge is -2.22. The highest BCUT2D eigenvalue weighted by Gasteiger charge is 2.48. The Labute approximate surface area is 193 Å². The third-order valence-corrected chi connectivity index (χ3v) is 5.76. The summed E-state index contributed by atoms with van der Waals surface area (Å²) >= 11 is 3.23. The van der Waals surface area contributed by atoms with Crippen LogP contribution in [0, 0.1) is 0 Å². The third-order valence-electron chi connectivity index (χ3n) is 4.83. The second kappa shape index (κ2) is 9.99. The normalized spacial score (nSPS) is 11.2. The largest absolute Gasteiger partial charge is 0.497 e.